The molecule has 0 atom stereocenters. The van der Waals surface area contributed by atoms with Gasteiger partial charge in [0.15, 0.2) is 5.82 Å². The summed E-state index contributed by atoms with van der Waals surface area (Å²) in [6.45, 7) is 4.00. The maximum atomic E-state index is 13.0. The smallest absolute Gasteiger partial charge is 0.250 e. The van der Waals surface area contributed by atoms with Gasteiger partial charge < -0.3 is 5.73 Å². The lowest BCUT2D eigenvalue weighted by molar-refractivity contribution is -0.112. The van der Waals surface area contributed by atoms with Crippen molar-refractivity contribution < 1.29 is 9.18 Å². The maximum absolute atomic E-state index is 13.0. The van der Waals surface area contributed by atoms with E-state index in [4.69, 9.17) is 5.73 Å². The van der Waals surface area contributed by atoms with Gasteiger partial charge in [-0.15, -0.1) is 5.10 Å². The predicted octanol–water partition coefficient (Wildman–Crippen LogP) is 2.58. The van der Waals surface area contributed by atoms with Crippen LogP contribution in [0.4, 0.5) is 4.39 Å². The summed E-state index contributed by atoms with van der Waals surface area (Å²) in [6, 6.07) is 8.62. The zero-order chi connectivity index (χ0) is 18.0. The number of halogens is 1. The molecule has 0 bridgehead atoms. The van der Waals surface area contributed by atoms with Gasteiger partial charge in [-0.2, -0.15) is 4.39 Å². The van der Waals surface area contributed by atoms with Crippen LogP contribution in [0.5, 0.6) is 0 Å². The number of pyridine rings is 1. The average Bonchev–Trinajstić information content (AvgIpc) is 3.01. The van der Waals surface area contributed by atoms with Gasteiger partial charge in [-0.25, -0.2) is 14.6 Å². The Morgan fingerprint density at radius 2 is 1.88 bits per heavy atom. The largest absolute Gasteiger partial charge is 0.366 e. The van der Waals surface area contributed by atoms with E-state index >= 15 is 0 Å². The summed E-state index contributed by atoms with van der Waals surface area (Å²) in [6.07, 6.45) is 4.16. The van der Waals surface area contributed by atoms with Crippen molar-refractivity contribution in [1.82, 2.24) is 19.7 Å². The number of amides is 1. The average molecular weight is 337 g/mol. The third kappa shape index (κ3) is 3.77. The Morgan fingerprint density at radius 3 is 2.48 bits per heavy atom. The first kappa shape index (κ1) is 16.5. The molecule has 0 radical (unpaired) electrons. The first-order valence-electron chi connectivity index (χ1n) is 7.56. The van der Waals surface area contributed by atoms with Crippen LogP contribution in [-0.2, 0) is 4.79 Å². The third-order valence-corrected chi connectivity index (χ3v) is 3.55. The standard InChI is InChI=1S/C18H16FN5O/c1-11-5-12(2)7-14(6-11)18-22-10-24(23-18)9-15(17(20)25)13-3-4-16(19)21-8-13/h3-10H,1-2H3,(H2,20,25)/b15-9-. The van der Waals surface area contributed by atoms with Crippen molar-refractivity contribution in [3.63, 3.8) is 0 Å². The fourth-order valence-corrected chi connectivity index (χ4v) is 2.52. The van der Waals surface area contributed by atoms with E-state index in [9.17, 15) is 9.18 Å². The molecule has 0 saturated heterocycles. The van der Waals surface area contributed by atoms with E-state index in [1.165, 1.54) is 29.5 Å². The van der Waals surface area contributed by atoms with Crippen LogP contribution in [0.15, 0.2) is 42.9 Å². The van der Waals surface area contributed by atoms with Crippen molar-refractivity contribution in [1.29, 1.82) is 0 Å². The molecule has 0 saturated carbocycles. The summed E-state index contributed by atoms with van der Waals surface area (Å²) in [7, 11) is 0. The van der Waals surface area contributed by atoms with E-state index < -0.39 is 11.9 Å². The number of aryl methyl sites for hydroxylation is 2. The van der Waals surface area contributed by atoms with E-state index in [0.29, 0.717) is 11.4 Å². The van der Waals surface area contributed by atoms with Crippen molar-refractivity contribution in [2.24, 2.45) is 5.73 Å². The number of hydrogen-bond donors (Lipinski definition) is 1. The van der Waals surface area contributed by atoms with Crippen molar-refractivity contribution >= 4 is 17.7 Å². The van der Waals surface area contributed by atoms with Gasteiger partial charge in [-0.3, -0.25) is 4.79 Å². The molecule has 3 rings (SSSR count). The monoisotopic (exact) mass is 337 g/mol. The molecule has 1 amide bonds. The molecule has 0 fully saturated rings. The number of nitrogens with zero attached hydrogens (tertiary/aromatic N) is 4. The van der Waals surface area contributed by atoms with Crippen LogP contribution in [0.1, 0.15) is 16.7 Å². The zero-order valence-corrected chi connectivity index (χ0v) is 13.8. The molecule has 6 nitrogen and oxygen atoms in total. The summed E-state index contributed by atoms with van der Waals surface area (Å²) < 4.78 is 14.4. The number of carbonyl (C=O) groups is 1. The highest BCUT2D eigenvalue weighted by Crippen LogP contribution is 2.19. The lowest BCUT2D eigenvalue weighted by Gasteiger charge is -2.03. The molecule has 2 N–H and O–H groups in total. The lowest BCUT2D eigenvalue weighted by atomic mass is 10.1. The van der Waals surface area contributed by atoms with E-state index in [1.807, 2.05) is 26.0 Å². The third-order valence-electron chi connectivity index (χ3n) is 3.55. The van der Waals surface area contributed by atoms with Gasteiger partial charge in [-0.1, -0.05) is 17.2 Å². The van der Waals surface area contributed by atoms with E-state index in [0.717, 1.165) is 22.8 Å². The van der Waals surface area contributed by atoms with Gasteiger partial charge in [0, 0.05) is 23.5 Å². The van der Waals surface area contributed by atoms with Crippen LogP contribution in [0.2, 0.25) is 0 Å². The molecule has 1 aromatic carbocycles. The minimum atomic E-state index is -0.670. The normalized spacial score (nSPS) is 11.6. The molecule has 2 aromatic heterocycles. The minimum absolute atomic E-state index is 0.157. The second-order valence-electron chi connectivity index (χ2n) is 5.70. The molecular weight excluding hydrogens is 321 g/mol. The number of benzene rings is 1. The number of aromatic nitrogens is 4. The van der Waals surface area contributed by atoms with Crippen molar-refractivity contribution in [3.8, 4) is 11.4 Å². The molecule has 0 aliphatic heterocycles. The highest BCUT2D eigenvalue weighted by molar-refractivity contribution is 6.22. The summed E-state index contributed by atoms with van der Waals surface area (Å²) in [5, 5.41) is 4.35. The Balaban J connectivity index is 1.98. The summed E-state index contributed by atoms with van der Waals surface area (Å²) in [5.74, 6) is -0.772. The summed E-state index contributed by atoms with van der Waals surface area (Å²) in [5.41, 5.74) is 9.08. The molecule has 0 aliphatic rings. The quantitative estimate of drug-likeness (QED) is 0.585. The van der Waals surface area contributed by atoms with Crippen molar-refractivity contribution in [2.75, 3.05) is 0 Å². The SMILES string of the molecule is Cc1cc(C)cc(-c2ncn(/C=C(\C(N)=O)c3ccc(F)nc3)n2)c1. The van der Waals surface area contributed by atoms with Gasteiger partial charge in [0.1, 0.15) is 6.33 Å². The second kappa shape index (κ2) is 6.64. The van der Waals surface area contributed by atoms with Crippen LogP contribution in [0, 0.1) is 19.8 Å². The fraction of sp³-hybridized carbons (Fsp3) is 0.111. The molecule has 0 aliphatic carbocycles. The van der Waals surface area contributed by atoms with Gasteiger partial charge >= 0.3 is 0 Å². The van der Waals surface area contributed by atoms with E-state index in [-0.39, 0.29) is 5.57 Å². The number of carbonyl (C=O) groups excluding carboxylic acids is 1. The van der Waals surface area contributed by atoms with Crippen LogP contribution < -0.4 is 5.73 Å². The first-order valence-corrected chi connectivity index (χ1v) is 7.56. The Bertz CT molecular complexity index is 940. The minimum Gasteiger partial charge on any atom is -0.366 e. The molecule has 25 heavy (non-hydrogen) atoms. The topological polar surface area (TPSA) is 86.7 Å². The number of primary amides is 1. The van der Waals surface area contributed by atoms with Gasteiger partial charge in [0.2, 0.25) is 5.95 Å². The second-order valence-corrected chi connectivity index (χ2v) is 5.70. The Hall–Kier alpha value is -3.35. The Labute approximate surface area is 143 Å². The summed E-state index contributed by atoms with van der Waals surface area (Å²) >= 11 is 0. The van der Waals surface area contributed by atoms with E-state index in [2.05, 4.69) is 21.1 Å². The molecular formula is C18H16FN5O. The lowest BCUT2D eigenvalue weighted by Crippen LogP contribution is -2.14. The predicted molar refractivity (Wildman–Crippen MR) is 92.5 cm³/mol. The van der Waals surface area contributed by atoms with Crippen molar-refractivity contribution in [2.45, 2.75) is 13.8 Å². The Morgan fingerprint density at radius 1 is 1.16 bits per heavy atom. The van der Waals surface area contributed by atoms with Crippen LogP contribution in [0.3, 0.4) is 0 Å². The van der Waals surface area contributed by atoms with Crippen molar-refractivity contribution in [3.05, 3.63) is 65.5 Å². The molecule has 3 aromatic rings. The summed E-state index contributed by atoms with van der Waals surface area (Å²) in [4.78, 5) is 19.5. The van der Waals surface area contributed by atoms with Gasteiger partial charge in [0.25, 0.3) is 5.91 Å². The van der Waals surface area contributed by atoms with Gasteiger partial charge in [0.05, 0.1) is 5.57 Å². The highest BCUT2D eigenvalue weighted by atomic mass is 19.1. The molecule has 126 valence electrons. The first-order chi connectivity index (χ1) is 11.9. The van der Waals surface area contributed by atoms with Crippen LogP contribution >= 0.6 is 0 Å². The molecule has 0 spiro atoms. The molecule has 2 heterocycles. The zero-order valence-electron chi connectivity index (χ0n) is 13.8. The van der Waals surface area contributed by atoms with Crippen LogP contribution in [-0.4, -0.2) is 25.7 Å². The maximum Gasteiger partial charge on any atom is 0.250 e. The number of hydrogen-bond acceptors (Lipinski definition) is 4. The molecule has 7 heteroatoms. The Kier molecular flexibility index (Phi) is 4.38. The molecule has 0 unspecified atom stereocenters. The fourth-order valence-electron chi connectivity index (χ4n) is 2.52. The number of rotatable bonds is 4. The van der Waals surface area contributed by atoms with Gasteiger partial charge in [-0.05, 0) is 38.1 Å². The van der Waals surface area contributed by atoms with Crippen LogP contribution in [0.25, 0.3) is 23.2 Å². The number of nitrogens with two attached hydrogens (primary N) is 1. The highest BCUT2D eigenvalue weighted by Gasteiger charge is 2.11. The van der Waals surface area contributed by atoms with E-state index in [1.54, 1.807) is 0 Å².